The molecule has 1 unspecified atom stereocenters. The number of alkyl carbamates (subject to hydrolysis) is 1. The summed E-state index contributed by atoms with van der Waals surface area (Å²) in [6.07, 6.45) is 6.46. The molecule has 1 aromatic carbocycles. The highest BCUT2D eigenvalue weighted by Crippen LogP contribution is 2.42. The Balaban J connectivity index is 0.00000253. The quantitative estimate of drug-likeness (QED) is 0.483. The van der Waals surface area contributed by atoms with E-state index in [1.54, 1.807) is 20.4 Å². The Kier molecular flexibility index (Phi) is 11.9. The fourth-order valence-electron chi connectivity index (χ4n) is 5.33. The normalized spacial score (nSPS) is 17.2. The molecule has 1 spiro atoms. The van der Waals surface area contributed by atoms with E-state index in [0.29, 0.717) is 24.5 Å². The number of piperidine rings is 1. The van der Waals surface area contributed by atoms with Gasteiger partial charge in [-0.2, -0.15) is 0 Å². The Morgan fingerprint density at radius 2 is 1.76 bits per heavy atom. The molecule has 2 fully saturated rings. The van der Waals surface area contributed by atoms with Crippen LogP contribution in [-0.2, 0) is 16.1 Å². The number of methoxy groups -OCH3 is 3. The van der Waals surface area contributed by atoms with E-state index < -0.39 is 6.09 Å². The first-order chi connectivity index (χ1) is 17.5. The molecule has 2 amide bonds. The fraction of sp³-hybridized carbons (Fsp3) is 0.519. The number of likely N-dealkylation sites (tertiary alicyclic amines) is 2. The van der Waals surface area contributed by atoms with E-state index in [-0.39, 0.29) is 42.2 Å². The van der Waals surface area contributed by atoms with Gasteiger partial charge in [-0.3, -0.25) is 9.78 Å². The second kappa shape index (κ2) is 14.4. The van der Waals surface area contributed by atoms with Crippen molar-refractivity contribution in [3.05, 3.63) is 53.9 Å². The van der Waals surface area contributed by atoms with Gasteiger partial charge in [-0.05, 0) is 68.1 Å². The first-order valence-electron chi connectivity index (χ1n) is 12.4. The van der Waals surface area contributed by atoms with Gasteiger partial charge in [0.15, 0.2) is 11.5 Å². The van der Waals surface area contributed by atoms with Crippen molar-refractivity contribution in [3.63, 3.8) is 0 Å². The summed E-state index contributed by atoms with van der Waals surface area (Å²) in [6.45, 7) is 3.96. The molecular weight excluding hydrogens is 531 g/mol. The second-order valence-corrected chi connectivity index (χ2v) is 9.55. The molecule has 2 saturated heterocycles. The SMILES string of the molecule is COC(=O)NC(CCN1CCC2(CC1)CCN(Cc1cccnc1)C2=O)c1ccc(OC)c(OC)c1.Cl.Cl. The minimum absolute atomic E-state index is 0. The van der Waals surface area contributed by atoms with Gasteiger partial charge in [0.05, 0.1) is 32.8 Å². The summed E-state index contributed by atoms with van der Waals surface area (Å²) in [4.78, 5) is 33.9. The number of halogens is 2. The molecule has 210 valence electrons. The molecular formula is C27H38Cl2N4O5. The predicted molar refractivity (Wildman–Crippen MR) is 149 cm³/mol. The van der Waals surface area contributed by atoms with Gasteiger partial charge in [0, 0.05) is 32.0 Å². The van der Waals surface area contributed by atoms with Crippen LogP contribution in [0.1, 0.15) is 42.9 Å². The Morgan fingerprint density at radius 1 is 1.05 bits per heavy atom. The zero-order chi connectivity index (χ0) is 25.5. The molecule has 2 aliphatic heterocycles. The van der Waals surface area contributed by atoms with Crippen molar-refractivity contribution in [3.8, 4) is 11.5 Å². The third-order valence-corrected chi connectivity index (χ3v) is 7.53. The summed E-state index contributed by atoms with van der Waals surface area (Å²) in [5, 5.41) is 2.95. The monoisotopic (exact) mass is 568 g/mol. The van der Waals surface area contributed by atoms with E-state index in [1.165, 1.54) is 7.11 Å². The topological polar surface area (TPSA) is 93.2 Å². The maximum absolute atomic E-state index is 13.3. The van der Waals surface area contributed by atoms with Gasteiger partial charge in [0.25, 0.3) is 0 Å². The number of carbonyl (C=O) groups is 2. The first kappa shape index (κ1) is 31.5. The number of amides is 2. The van der Waals surface area contributed by atoms with Gasteiger partial charge in [0.1, 0.15) is 0 Å². The molecule has 11 heteroatoms. The van der Waals surface area contributed by atoms with Crippen LogP contribution in [0.4, 0.5) is 4.79 Å². The van der Waals surface area contributed by atoms with Crippen LogP contribution in [0.2, 0.25) is 0 Å². The Hall–Kier alpha value is -2.75. The van der Waals surface area contributed by atoms with Crippen molar-refractivity contribution in [1.29, 1.82) is 0 Å². The number of nitrogens with one attached hydrogen (secondary N) is 1. The maximum Gasteiger partial charge on any atom is 0.407 e. The summed E-state index contributed by atoms with van der Waals surface area (Å²) in [7, 11) is 4.55. The highest BCUT2D eigenvalue weighted by molar-refractivity contribution is 5.86. The first-order valence-corrected chi connectivity index (χ1v) is 12.4. The van der Waals surface area contributed by atoms with E-state index in [4.69, 9.17) is 14.2 Å². The largest absolute Gasteiger partial charge is 0.493 e. The van der Waals surface area contributed by atoms with E-state index >= 15 is 0 Å². The number of ether oxygens (including phenoxy) is 3. The summed E-state index contributed by atoms with van der Waals surface area (Å²) in [5.74, 6) is 1.53. The molecule has 1 aromatic heterocycles. The Morgan fingerprint density at radius 3 is 2.39 bits per heavy atom. The van der Waals surface area contributed by atoms with Crippen LogP contribution in [0.3, 0.4) is 0 Å². The Labute approximate surface area is 237 Å². The highest BCUT2D eigenvalue weighted by Gasteiger charge is 2.47. The predicted octanol–water partition coefficient (Wildman–Crippen LogP) is 4.24. The van der Waals surface area contributed by atoms with E-state index in [0.717, 1.165) is 56.6 Å². The number of benzene rings is 1. The van der Waals surface area contributed by atoms with Crippen LogP contribution < -0.4 is 14.8 Å². The number of carbonyl (C=O) groups excluding carboxylic acids is 2. The zero-order valence-electron chi connectivity index (χ0n) is 22.2. The highest BCUT2D eigenvalue weighted by atomic mass is 35.5. The standard InChI is InChI=1S/C27H36N4O5.2ClH/c1-34-23-7-6-21(17-24(23)35-2)22(29-26(33)36-3)8-13-30-14-9-27(10-15-30)11-16-31(25(27)32)19-20-5-4-12-28-18-20;;/h4-7,12,17-18,22H,8-11,13-16,19H2,1-3H3,(H,29,33);2*1H. The number of rotatable bonds is 9. The Bertz CT molecular complexity index is 1050. The van der Waals surface area contributed by atoms with Crippen LogP contribution in [0.5, 0.6) is 11.5 Å². The van der Waals surface area contributed by atoms with E-state index in [9.17, 15) is 9.59 Å². The lowest BCUT2D eigenvalue weighted by molar-refractivity contribution is -0.138. The lowest BCUT2D eigenvalue weighted by Crippen LogP contribution is -2.45. The van der Waals surface area contributed by atoms with Gasteiger partial charge in [0.2, 0.25) is 5.91 Å². The minimum atomic E-state index is -0.474. The zero-order valence-corrected chi connectivity index (χ0v) is 23.8. The number of hydrogen-bond donors (Lipinski definition) is 1. The summed E-state index contributed by atoms with van der Waals surface area (Å²) in [6, 6.07) is 9.35. The maximum atomic E-state index is 13.3. The van der Waals surface area contributed by atoms with Gasteiger partial charge in [-0.1, -0.05) is 12.1 Å². The van der Waals surface area contributed by atoms with Gasteiger partial charge < -0.3 is 29.3 Å². The number of pyridine rings is 1. The molecule has 0 saturated carbocycles. The summed E-state index contributed by atoms with van der Waals surface area (Å²) in [5.41, 5.74) is 1.74. The molecule has 3 heterocycles. The van der Waals surface area contributed by atoms with Crippen molar-refractivity contribution in [2.75, 3.05) is 47.5 Å². The smallest absolute Gasteiger partial charge is 0.407 e. The van der Waals surface area contributed by atoms with Gasteiger partial charge in [-0.15, -0.1) is 24.8 Å². The van der Waals surface area contributed by atoms with Crippen LogP contribution in [-0.4, -0.2) is 74.3 Å². The van der Waals surface area contributed by atoms with Crippen LogP contribution in [0.15, 0.2) is 42.7 Å². The van der Waals surface area contributed by atoms with Gasteiger partial charge in [-0.25, -0.2) is 4.79 Å². The molecule has 1 atom stereocenters. The van der Waals surface area contributed by atoms with E-state index in [1.807, 2.05) is 41.4 Å². The molecule has 0 aliphatic carbocycles. The average molecular weight is 570 g/mol. The number of nitrogens with zero attached hydrogens (tertiary/aromatic N) is 3. The summed E-state index contributed by atoms with van der Waals surface area (Å²) >= 11 is 0. The third-order valence-electron chi connectivity index (χ3n) is 7.53. The molecule has 2 aromatic rings. The number of aromatic nitrogens is 1. The van der Waals surface area contributed by atoms with Crippen molar-refractivity contribution >= 4 is 36.8 Å². The fourth-order valence-corrected chi connectivity index (χ4v) is 5.33. The molecule has 4 rings (SSSR count). The molecule has 1 N–H and O–H groups in total. The van der Waals surface area contributed by atoms with Crippen molar-refractivity contribution in [1.82, 2.24) is 20.1 Å². The minimum Gasteiger partial charge on any atom is -0.493 e. The van der Waals surface area contributed by atoms with Crippen molar-refractivity contribution < 1.29 is 23.8 Å². The van der Waals surface area contributed by atoms with Gasteiger partial charge >= 0.3 is 6.09 Å². The second-order valence-electron chi connectivity index (χ2n) is 9.55. The van der Waals surface area contributed by atoms with Crippen molar-refractivity contribution in [2.24, 2.45) is 5.41 Å². The van der Waals surface area contributed by atoms with E-state index in [2.05, 4.69) is 15.2 Å². The molecule has 38 heavy (non-hydrogen) atoms. The lowest BCUT2D eigenvalue weighted by atomic mass is 9.77. The molecule has 0 bridgehead atoms. The molecule has 9 nitrogen and oxygen atoms in total. The third kappa shape index (κ3) is 7.21. The lowest BCUT2D eigenvalue weighted by Gasteiger charge is -2.38. The number of hydrogen-bond acceptors (Lipinski definition) is 7. The van der Waals surface area contributed by atoms with Crippen molar-refractivity contribution in [2.45, 2.75) is 38.3 Å². The van der Waals surface area contributed by atoms with Crippen LogP contribution in [0.25, 0.3) is 0 Å². The summed E-state index contributed by atoms with van der Waals surface area (Å²) < 4.78 is 15.6. The average Bonchev–Trinajstić information content (AvgIpc) is 3.21. The molecule has 2 aliphatic rings. The van der Waals surface area contributed by atoms with Crippen LogP contribution in [0, 0.1) is 5.41 Å². The van der Waals surface area contributed by atoms with Crippen LogP contribution >= 0.6 is 24.8 Å². The molecule has 0 radical (unpaired) electrons.